The van der Waals surface area contributed by atoms with E-state index in [1.165, 1.54) is 18.2 Å². The molecule has 0 aliphatic rings. The second kappa shape index (κ2) is 7.84. The summed E-state index contributed by atoms with van der Waals surface area (Å²) in [6.07, 6.45) is 0. The zero-order chi connectivity index (χ0) is 21.3. The third-order valence-corrected chi connectivity index (χ3v) is 4.81. The summed E-state index contributed by atoms with van der Waals surface area (Å²) in [7, 11) is 0. The molecule has 5 heteroatoms. The molecule has 0 N–H and O–H groups in total. The van der Waals surface area contributed by atoms with Crippen LogP contribution in [0.5, 0.6) is 0 Å². The van der Waals surface area contributed by atoms with Crippen molar-refractivity contribution in [1.29, 1.82) is 5.26 Å². The van der Waals surface area contributed by atoms with Crippen molar-refractivity contribution in [1.82, 2.24) is 0 Å². The Kier molecular flexibility index (Phi) is 5.07. The van der Waals surface area contributed by atoms with Crippen LogP contribution in [0.15, 0.2) is 78.9 Å². The Morgan fingerprint density at radius 1 is 0.500 bits per heavy atom. The molecule has 0 aliphatic carbocycles. The molecule has 0 radical (unpaired) electrons. The molecule has 0 spiro atoms. The third kappa shape index (κ3) is 3.33. The first-order valence-electron chi connectivity index (χ1n) is 9.03. The molecule has 1 nitrogen and oxygen atoms in total. The molecule has 0 heterocycles. The summed E-state index contributed by atoms with van der Waals surface area (Å²) in [5.41, 5.74) is 0.619. The molecular weight excluding hydrogens is 390 g/mol. The fraction of sp³-hybridized carbons (Fsp3) is 0. The van der Waals surface area contributed by atoms with E-state index < -0.39 is 34.4 Å². The zero-order valence-corrected chi connectivity index (χ0v) is 15.5. The predicted octanol–water partition coefficient (Wildman–Crippen LogP) is 7.12. The zero-order valence-electron chi connectivity index (χ0n) is 15.5. The number of nitriles is 1. The second-order valence-electron chi connectivity index (χ2n) is 6.65. The lowest BCUT2D eigenvalue weighted by atomic mass is 9.92. The van der Waals surface area contributed by atoms with Crippen molar-refractivity contribution in [3.05, 3.63) is 108 Å². The Labute approximate surface area is 170 Å². The molecule has 0 aliphatic heterocycles. The SMILES string of the molecule is N#Cc1c(F)c(F)c(-c2cc(-c3ccccc3)cc(-c3ccccc3)c2)c(F)c1F. The summed E-state index contributed by atoms with van der Waals surface area (Å²) in [5, 5.41) is 8.83. The monoisotopic (exact) mass is 403 g/mol. The standard InChI is InChI=1S/C25H13F4N/c26-22-20(14-30)23(27)25(29)21(24(22)28)19-12-17(15-7-3-1-4-8-15)11-18(13-19)16-9-5-2-6-10-16/h1-13H. The van der Waals surface area contributed by atoms with Gasteiger partial charge in [0.25, 0.3) is 0 Å². The summed E-state index contributed by atoms with van der Waals surface area (Å²) in [5.74, 6) is -6.63. The maximum absolute atomic E-state index is 14.7. The average molecular weight is 403 g/mol. The topological polar surface area (TPSA) is 23.8 Å². The van der Waals surface area contributed by atoms with E-state index in [4.69, 9.17) is 5.26 Å². The smallest absolute Gasteiger partial charge is 0.180 e. The molecule has 0 atom stereocenters. The van der Waals surface area contributed by atoms with Gasteiger partial charge in [0.15, 0.2) is 23.3 Å². The van der Waals surface area contributed by atoms with Crippen LogP contribution in [0.4, 0.5) is 17.6 Å². The molecular formula is C25H13F4N. The summed E-state index contributed by atoms with van der Waals surface area (Å²) in [4.78, 5) is 0. The fourth-order valence-electron chi connectivity index (χ4n) is 3.35. The van der Waals surface area contributed by atoms with E-state index >= 15 is 0 Å². The number of rotatable bonds is 3. The van der Waals surface area contributed by atoms with Crippen molar-refractivity contribution < 1.29 is 17.6 Å². The summed E-state index contributed by atoms with van der Waals surface area (Å²) in [6, 6.07) is 24.1. The van der Waals surface area contributed by atoms with Gasteiger partial charge in [-0.2, -0.15) is 5.26 Å². The van der Waals surface area contributed by atoms with Crippen molar-refractivity contribution in [3.8, 4) is 39.4 Å². The Bertz CT molecular complexity index is 1190. The largest absolute Gasteiger partial charge is 0.203 e. The third-order valence-electron chi connectivity index (χ3n) is 4.81. The first-order chi connectivity index (χ1) is 14.5. The van der Waals surface area contributed by atoms with Gasteiger partial charge in [-0.15, -0.1) is 0 Å². The molecule has 0 saturated carbocycles. The lowest BCUT2D eigenvalue weighted by molar-refractivity contribution is 0.454. The maximum atomic E-state index is 14.7. The molecule has 0 saturated heterocycles. The van der Waals surface area contributed by atoms with Gasteiger partial charge in [0, 0.05) is 0 Å². The van der Waals surface area contributed by atoms with Crippen LogP contribution < -0.4 is 0 Å². The fourth-order valence-corrected chi connectivity index (χ4v) is 3.35. The highest BCUT2D eigenvalue weighted by Gasteiger charge is 2.26. The van der Waals surface area contributed by atoms with Gasteiger partial charge in [0.1, 0.15) is 11.6 Å². The second-order valence-corrected chi connectivity index (χ2v) is 6.65. The molecule has 0 aromatic heterocycles. The first kappa shape index (κ1) is 19.4. The Morgan fingerprint density at radius 3 is 1.30 bits per heavy atom. The summed E-state index contributed by atoms with van der Waals surface area (Å²) in [6.45, 7) is 0. The van der Waals surface area contributed by atoms with E-state index in [2.05, 4.69) is 0 Å². The summed E-state index contributed by atoms with van der Waals surface area (Å²) < 4.78 is 57.9. The number of nitrogens with zero attached hydrogens (tertiary/aromatic N) is 1. The van der Waals surface area contributed by atoms with Crippen LogP contribution >= 0.6 is 0 Å². The molecule has 0 fully saturated rings. The van der Waals surface area contributed by atoms with E-state index in [-0.39, 0.29) is 5.56 Å². The van der Waals surface area contributed by atoms with Gasteiger partial charge >= 0.3 is 0 Å². The van der Waals surface area contributed by atoms with Crippen molar-refractivity contribution >= 4 is 0 Å². The van der Waals surface area contributed by atoms with Crippen molar-refractivity contribution in [3.63, 3.8) is 0 Å². The quantitative estimate of drug-likeness (QED) is 0.264. The normalized spacial score (nSPS) is 10.6. The van der Waals surface area contributed by atoms with Gasteiger partial charge in [-0.1, -0.05) is 60.7 Å². The molecule has 146 valence electrons. The minimum atomic E-state index is -1.71. The van der Waals surface area contributed by atoms with Crippen LogP contribution in [0.25, 0.3) is 33.4 Å². The molecule has 4 rings (SSSR count). The van der Waals surface area contributed by atoms with Gasteiger partial charge in [-0.3, -0.25) is 0 Å². The molecule has 0 bridgehead atoms. The number of halogens is 4. The number of benzene rings is 4. The van der Waals surface area contributed by atoms with Crippen molar-refractivity contribution in [2.24, 2.45) is 0 Å². The van der Waals surface area contributed by atoms with Gasteiger partial charge < -0.3 is 0 Å². The predicted molar refractivity (Wildman–Crippen MR) is 107 cm³/mol. The highest BCUT2D eigenvalue weighted by molar-refractivity contribution is 5.81. The lowest BCUT2D eigenvalue weighted by Gasteiger charge is -2.13. The van der Waals surface area contributed by atoms with E-state index in [0.29, 0.717) is 11.1 Å². The van der Waals surface area contributed by atoms with Crippen LogP contribution in [0.1, 0.15) is 5.56 Å². The van der Waals surface area contributed by atoms with Crippen LogP contribution in [-0.2, 0) is 0 Å². The number of hydrogen-bond donors (Lipinski definition) is 0. The molecule has 4 aromatic carbocycles. The average Bonchev–Trinajstić information content (AvgIpc) is 2.79. The molecule has 0 unspecified atom stereocenters. The van der Waals surface area contributed by atoms with Crippen molar-refractivity contribution in [2.45, 2.75) is 0 Å². The Balaban J connectivity index is 2.03. The van der Waals surface area contributed by atoms with Gasteiger partial charge in [-0.25, -0.2) is 17.6 Å². The highest BCUT2D eigenvalue weighted by Crippen LogP contribution is 2.37. The van der Waals surface area contributed by atoms with Gasteiger partial charge in [0.2, 0.25) is 0 Å². The Hall–Kier alpha value is -3.91. The molecule has 4 aromatic rings. The summed E-state index contributed by atoms with van der Waals surface area (Å²) >= 11 is 0. The van der Waals surface area contributed by atoms with E-state index in [0.717, 1.165) is 11.1 Å². The van der Waals surface area contributed by atoms with Crippen LogP contribution in [-0.4, -0.2) is 0 Å². The van der Waals surface area contributed by atoms with Gasteiger partial charge in [0.05, 0.1) is 5.56 Å². The lowest BCUT2D eigenvalue weighted by Crippen LogP contribution is -2.04. The highest BCUT2D eigenvalue weighted by atomic mass is 19.2. The van der Waals surface area contributed by atoms with E-state index in [1.54, 1.807) is 0 Å². The van der Waals surface area contributed by atoms with Crippen LogP contribution in [0, 0.1) is 34.6 Å². The first-order valence-corrected chi connectivity index (χ1v) is 9.03. The maximum Gasteiger partial charge on any atom is 0.180 e. The van der Waals surface area contributed by atoms with Crippen LogP contribution in [0.3, 0.4) is 0 Å². The van der Waals surface area contributed by atoms with E-state index in [1.807, 2.05) is 66.7 Å². The van der Waals surface area contributed by atoms with Crippen molar-refractivity contribution in [2.75, 3.05) is 0 Å². The minimum absolute atomic E-state index is 0.0347. The Morgan fingerprint density at radius 2 is 0.900 bits per heavy atom. The van der Waals surface area contributed by atoms with Crippen LogP contribution in [0.2, 0.25) is 0 Å². The van der Waals surface area contributed by atoms with E-state index in [9.17, 15) is 17.6 Å². The number of hydrogen-bond acceptors (Lipinski definition) is 1. The molecule has 30 heavy (non-hydrogen) atoms. The molecule has 0 amide bonds. The van der Waals surface area contributed by atoms with Gasteiger partial charge in [-0.05, 0) is 46.0 Å². The minimum Gasteiger partial charge on any atom is -0.203 e.